The summed E-state index contributed by atoms with van der Waals surface area (Å²) in [6.45, 7) is 3.93. The van der Waals surface area contributed by atoms with Gasteiger partial charge in [0.15, 0.2) is 11.5 Å². The van der Waals surface area contributed by atoms with Crippen LogP contribution in [0.25, 0.3) is 0 Å². The number of halogens is 4. The number of aromatic hydroxyl groups is 1. The minimum Gasteiger partial charge on any atom is -0.506 e. The Morgan fingerprint density at radius 2 is 1.18 bits per heavy atom. The van der Waals surface area contributed by atoms with Crippen LogP contribution in [0.4, 0.5) is 0 Å². The van der Waals surface area contributed by atoms with Gasteiger partial charge in [-0.05, 0) is 43.7 Å². The van der Waals surface area contributed by atoms with Crippen LogP contribution in [0, 0.1) is 36.5 Å². The Morgan fingerprint density at radius 1 is 0.714 bits per heavy atom. The van der Waals surface area contributed by atoms with E-state index in [2.05, 4.69) is 22.3 Å². The summed E-state index contributed by atoms with van der Waals surface area (Å²) in [7, 11) is 5.06. The lowest BCUT2D eigenvalue weighted by Crippen LogP contribution is -1.99. The lowest BCUT2D eigenvalue weighted by atomic mass is 10.2. The van der Waals surface area contributed by atoms with E-state index in [1.54, 1.807) is 44.9 Å². The number of rotatable bonds is 10. The molecule has 2 heterocycles. The minimum absolute atomic E-state index is 0.133. The van der Waals surface area contributed by atoms with Gasteiger partial charge in [-0.15, -0.1) is 0 Å². The normalized spacial score (nSPS) is 10.4. The number of nitriles is 2. The quantitative estimate of drug-likeness (QED) is 0.148. The monoisotopic (exact) mass is 742 g/mol. The number of phenolic OH excluding ortho intramolecular Hbond substituents is 1. The second-order valence-electron chi connectivity index (χ2n) is 10.4. The fourth-order valence-corrected chi connectivity index (χ4v) is 5.47. The zero-order valence-corrected chi connectivity index (χ0v) is 30.0. The molecule has 49 heavy (non-hydrogen) atoms. The van der Waals surface area contributed by atoms with Gasteiger partial charge >= 0.3 is 0 Å². The summed E-state index contributed by atoms with van der Waals surface area (Å²) < 4.78 is 25.8. The number of ether oxygens (including phenoxy) is 4. The minimum atomic E-state index is -0.133. The molecule has 5 aromatic rings. The van der Waals surface area contributed by atoms with Crippen LogP contribution in [-0.2, 0) is 33.5 Å². The molecule has 0 aliphatic heterocycles. The molecule has 11 nitrogen and oxygen atoms in total. The van der Waals surface area contributed by atoms with Crippen molar-refractivity contribution in [2.24, 2.45) is 14.1 Å². The Balaban J connectivity index is 0.000000237. The summed E-state index contributed by atoms with van der Waals surface area (Å²) in [5.41, 5.74) is 3.78. The van der Waals surface area contributed by atoms with E-state index in [0.29, 0.717) is 56.7 Å². The van der Waals surface area contributed by atoms with Crippen molar-refractivity contribution in [3.8, 4) is 52.6 Å². The van der Waals surface area contributed by atoms with Crippen LogP contribution in [0.2, 0.25) is 20.1 Å². The molecular formula is C34H30Cl4N6O5. The molecule has 3 aromatic carbocycles. The van der Waals surface area contributed by atoms with Crippen molar-refractivity contribution in [3.05, 3.63) is 96.7 Å². The first-order chi connectivity index (χ1) is 23.4. The molecule has 2 aromatic heterocycles. The smallest absolute Gasteiger partial charge is 0.222 e. The molecule has 5 rings (SSSR count). The summed E-state index contributed by atoms with van der Waals surface area (Å²) in [5, 5.41) is 37.1. The molecule has 0 radical (unpaired) electrons. The Hall–Kier alpha value is -4.78. The Morgan fingerprint density at radius 3 is 1.67 bits per heavy atom. The lowest BCUT2D eigenvalue weighted by Gasteiger charge is -2.13. The summed E-state index contributed by atoms with van der Waals surface area (Å²) in [5.74, 6) is 2.55. The van der Waals surface area contributed by atoms with Crippen molar-refractivity contribution in [1.82, 2.24) is 19.6 Å². The number of benzene rings is 3. The highest BCUT2D eigenvalue weighted by Gasteiger charge is 2.19. The van der Waals surface area contributed by atoms with Gasteiger partial charge in [-0.3, -0.25) is 0 Å². The molecule has 15 heteroatoms. The highest BCUT2D eigenvalue weighted by Crippen LogP contribution is 2.40. The molecule has 0 saturated heterocycles. The van der Waals surface area contributed by atoms with E-state index < -0.39 is 0 Å². The first-order valence-corrected chi connectivity index (χ1v) is 15.9. The van der Waals surface area contributed by atoms with E-state index in [1.807, 2.05) is 31.2 Å². The van der Waals surface area contributed by atoms with Gasteiger partial charge in [-0.25, -0.2) is 9.36 Å². The zero-order chi connectivity index (χ0) is 35.8. The molecule has 0 amide bonds. The molecule has 0 aliphatic carbocycles. The highest BCUT2D eigenvalue weighted by atomic mass is 35.5. The maximum absolute atomic E-state index is 9.60. The van der Waals surface area contributed by atoms with E-state index in [9.17, 15) is 5.11 Å². The van der Waals surface area contributed by atoms with Crippen LogP contribution in [0.3, 0.4) is 0 Å². The van der Waals surface area contributed by atoms with E-state index in [0.717, 1.165) is 17.0 Å². The summed E-state index contributed by atoms with van der Waals surface area (Å²) >= 11 is 24.4. The molecule has 0 unspecified atom stereocenters. The third-order valence-corrected chi connectivity index (χ3v) is 8.23. The van der Waals surface area contributed by atoms with Crippen molar-refractivity contribution in [2.45, 2.75) is 33.3 Å². The van der Waals surface area contributed by atoms with Gasteiger partial charge < -0.3 is 24.1 Å². The van der Waals surface area contributed by atoms with Gasteiger partial charge in [0.1, 0.15) is 23.9 Å². The summed E-state index contributed by atoms with van der Waals surface area (Å²) in [4.78, 5) is 0. The predicted octanol–water partition coefficient (Wildman–Crippen LogP) is 9.08. The van der Waals surface area contributed by atoms with Gasteiger partial charge in [0.2, 0.25) is 11.8 Å². The topological polar surface area (TPSA) is 140 Å². The number of hydrogen-bond acceptors (Lipinski definition) is 9. The third-order valence-electron chi connectivity index (χ3n) is 7.04. The first-order valence-electron chi connectivity index (χ1n) is 14.4. The fourth-order valence-electron chi connectivity index (χ4n) is 4.57. The van der Waals surface area contributed by atoms with Crippen molar-refractivity contribution < 1.29 is 24.1 Å². The summed E-state index contributed by atoms with van der Waals surface area (Å²) in [6.07, 6.45) is 0.354. The Bertz CT molecular complexity index is 2050. The summed E-state index contributed by atoms with van der Waals surface area (Å²) in [6, 6.07) is 17.6. The van der Waals surface area contributed by atoms with Gasteiger partial charge in [0, 0.05) is 26.2 Å². The van der Waals surface area contributed by atoms with E-state index in [4.69, 9.17) is 75.9 Å². The molecule has 0 atom stereocenters. The average Bonchev–Trinajstić information content (AvgIpc) is 3.48. The van der Waals surface area contributed by atoms with Crippen molar-refractivity contribution in [2.75, 3.05) is 7.11 Å². The molecular weight excluding hydrogens is 714 g/mol. The van der Waals surface area contributed by atoms with Crippen LogP contribution in [-0.4, -0.2) is 31.8 Å². The van der Waals surface area contributed by atoms with Gasteiger partial charge in [-0.2, -0.15) is 20.7 Å². The van der Waals surface area contributed by atoms with Crippen LogP contribution >= 0.6 is 46.4 Å². The number of nitrogens with zero attached hydrogens (tertiary/aromatic N) is 6. The molecule has 1 N–H and O–H groups in total. The van der Waals surface area contributed by atoms with E-state index >= 15 is 0 Å². The zero-order valence-electron chi connectivity index (χ0n) is 27.0. The number of methoxy groups -OCH3 is 1. The molecule has 0 saturated carbocycles. The van der Waals surface area contributed by atoms with Gasteiger partial charge in [0.05, 0.1) is 74.7 Å². The van der Waals surface area contributed by atoms with Gasteiger partial charge in [-0.1, -0.05) is 58.5 Å². The van der Waals surface area contributed by atoms with Crippen molar-refractivity contribution in [1.29, 1.82) is 10.5 Å². The van der Waals surface area contributed by atoms with Crippen LogP contribution < -0.4 is 18.9 Å². The first kappa shape index (κ1) is 37.0. The second-order valence-corrected chi connectivity index (χ2v) is 12.1. The largest absolute Gasteiger partial charge is 0.506 e. The molecule has 0 fully saturated rings. The molecule has 0 bridgehead atoms. The van der Waals surface area contributed by atoms with Gasteiger partial charge in [0.25, 0.3) is 0 Å². The maximum Gasteiger partial charge on any atom is 0.222 e. The molecule has 254 valence electrons. The lowest BCUT2D eigenvalue weighted by molar-refractivity contribution is 0.304. The highest BCUT2D eigenvalue weighted by molar-refractivity contribution is 6.37. The number of aromatic nitrogens is 4. The Kier molecular flexibility index (Phi) is 12.5. The van der Waals surface area contributed by atoms with E-state index in [-0.39, 0.29) is 34.4 Å². The number of hydrogen-bond donors (Lipinski definition) is 1. The maximum atomic E-state index is 9.60. The number of aryl methyl sites for hydroxylation is 4. The van der Waals surface area contributed by atoms with Crippen LogP contribution in [0.1, 0.15) is 28.1 Å². The SMILES string of the molecule is COc1ccc(COc2cc(Oc3c(CC#N)c(C)nn3C)c(Cl)cc2Cl)cc1.Cc1nn(C)c(Oc2cc(O)c(Cl)cc2Cl)c1CC#N. The van der Waals surface area contributed by atoms with Crippen LogP contribution in [0.15, 0.2) is 48.5 Å². The van der Waals surface area contributed by atoms with E-state index in [1.165, 1.54) is 16.8 Å². The van der Waals surface area contributed by atoms with Crippen molar-refractivity contribution >= 4 is 46.4 Å². The Labute approximate surface area is 303 Å². The molecule has 0 spiro atoms. The standard InChI is InChI=1S/C21H19Cl2N3O3.C13H11Cl2N3O2/c1-13-16(8-9-24)21(26(2)25-13)29-20-11-19(17(22)10-18(20)23)28-12-14-4-6-15(27-3)7-5-14;1-7-8(3-4-16)13(18(2)17-7)20-12-6-11(19)9(14)5-10(12)15/h4-7,10-11H,8,12H2,1-3H3;5-6,19H,3H2,1-2H3. The third kappa shape index (κ3) is 9.02. The number of phenols is 1. The van der Waals surface area contributed by atoms with Crippen LogP contribution in [0.5, 0.6) is 40.5 Å². The second kappa shape index (κ2) is 16.6. The predicted molar refractivity (Wildman–Crippen MR) is 187 cm³/mol. The van der Waals surface area contributed by atoms with Crippen molar-refractivity contribution in [3.63, 3.8) is 0 Å². The fraction of sp³-hybridized carbons (Fsp3) is 0.235. The average molecular weight is 744 g/mol. The molecule has 0 aliphatic rings.